The van der Waals surface area contributed by atoms with Crippen molar-refractivity contribution in [1.82, 2.24) is 9.78 Å². The maximum absolute atomic E-state index is 12.1. The molecule has 2 rings (SSSR count). The van der Waals surface area contributed by atoms with Crippen LogP contribution in [0.15, 0.2) is 29.1 Å². The highest BCUT2D eigenvalue weighted by Crippen LogP contribution is 2.26. The van der Waals surface area contributed by atoms with E-state index in [9.17, 15) is 9.59 Å². The minimum Gasteiger partial charge on any atom is -0.476 e. The molecule has 0 radical (unpaired) electrons. The maximum Gasteiger partial charge on any atom is 0.357 e. The average Bonchev–Trinajstić information content (AvgIpc) is 2.36. The average molecular weight is 279 g/mol. The largest absolute Gasteiger partial charge is 0.476 e. The monoisotopic (exact) mass is 278 g/mol. The molecule has 0 aliphatic rings. The quantitative estimate of drug-likeness (QED) is 0.913. The molecular formula is C13H11ClN2O3. The molecule has 0 saturated carbocycles. The van der Waals surface area contributed by atoms with Gasteiger partial charge in [0, 0.05) is 7.05 Å². The summed E-state index contributed by atoms with van der Waals surface area (Å²) in [4.78, 5) is 23.1. The third-order valence-corrected chi connectivity index (χ3v) is 3.10. The maximum atomic E-state index is 12.1. The number of hydrogen-bond acceptors (Lipinski definition) is 3. The Morgan fingerprint density at radius 1 is 1.32 bits per heavy atom. The van der Waals surface area contributed by atoms with E-state index < -0.39 is 11.5 Å². The van der Waals surface area contributed by atoms with E-state index in [1.165, 1.54) is 7.05 Å². The molecule has 1 N–H and O–H groups in total. The molecule has 19 heavy (non-hydrogen) atoms. The van der Waals surface area contributed by atoms with E-state index in [2.05, 4.69) is 5.10 Å². The molecule has 0 aliphatic carbocycles. The van der Waals surface area contributed by atoms with Gasteiger partial charge in [-0.2, -0.15) is 5.10 Å². The number of aromatic carboxylic acids is 1. The minimum absolute atomic E-state index is 0.139. The van der Waals surface area contributed by atoms with E-state index in [4.69, 9.17) is 16.7 Å². The van der Waals surface area contributed by atoms with Crippen LogP contribution < -0.4 is 5.56 Å². The molecular weight excluding hydrogens is 268 g/mol. The highest BCUT2D eigenvalue weighted by atomic mass is 35.5. The van der Waals surface area contributed by atoms with Gasteiger partial charge in [-0.3, -0.25) is 4.79 Å². The molecule has 1 aromatic carbocycles. The molecule has 0 unspecified atom stereocenters. The predicted octanol–water partition coefficient (Wildman–Crippen LogP) is 2.11. The Hall–Kier alpha value is -2.14. The van der Waals surface area contributed by atoms with Gasteiger partial charge in [0.1, 0.15) is 0 Å². The Morgan fingerprint density at radius 2 is 1.89 bits per heavy atom. The van der Waals surface area contributed by atoms with Gasteiger partial charge in [-0.05, 0) is 12.5 Å². The number of carbonyl (C=O) groups is 1. The molecule has 2 aromatic rings. The first-order valence-corrected chi connectivity index (χ1v) is 5.86. The van der Waals surface area contributed by atoms with Gasteiger partial charge in [0.05, 0.1) is 10.6 Å². The summed E-state index contributed by atoms with van der Waals surface area (Å²) in [6.45, 7) is 1.92. The molecule has 0 atom stereocenters. The fourth-order valence-electron chi connectivity index (χ4n) is 1.72. The van der Waals surface area contributed by atoms with Crippen LogP contribution in [0.4, 0.5) is 0 Å². The number of carboxylic acids is 1. The molecule has 0 spiro atoms. The summed E-state index contributed by atoms with van der Waals surface area (Å²) in [5.74, 6) is -1.27. The van der Waals surface area contributed by atoms with Crippen molar-refractivity contribution in [1.29, 1.82) is 0 Å². The van der Waals surface area contributed by atoms with Crippen molar-refractivity contribution in [3.63, 3.8) is 0 Å². The summed E-state index contributed by atoms with van der Waals surface area (Å²) < 4.78 is 0.977. The Balaban J connectivity index is 2.79. The van der Waals surface area contributed by atoms with Gasteiger partial charge in [0.25, 0.3) is 5.56 Å². The van der Waals surface area contributed by atoms with E-state index in [0.717, 1.165) is 10.2 Å². The van der Waals surface area contributed by atoms with E-state index in [1.54, 1.807) is 12.1 Å². The van der Waals surface area contributed by atoms with Crippen LogP contribution in [0, 0.1) is 6.92 Å². The van der Waals surface area contributed by atoms with Gasteiger partial charge in [-0.25, -0.2) is 9.48 Å². The smallest absolute Gasteiger partial charge is 0.357 e. The predicted molar refractivity (Wildman–Crippen MR) is 71.6 cm³/mol. The number of benzene rings is 1. The second kappa shape index (κ2) is 4.85. The molecule has 6 heteroatoms. The first kappa shape index (κ1) is 13.3. The van der Waals surface area contributed by atoms with Crippen LogP contribution in [0.3, 0.4) is 0 Å². The summed E-state index contributed by atoms with van der Waals surface area (Å²) in [7, 11) is 1.39. The second-order valence-electron chi connectivity index (χ2n) is 4.14. The number of aryl methyl sites for hydroxylation is 2. The first-order valence-electron chi connectivity index (χ1n) is 5.49. The molecule has 0 aliphatic heterocycles. The highest BCUT2D eigenvalue weighted by Gasteiger charge is 2.20. The van der Waals surface area contributed by atoms with Gasteiger partial charge in [0.2, 0.25) is 0 Å². The SMILES string of the molecule is Cc1ccc(-c2c(Cl)c(C(=O)O)nn(C)c2=O)cc1. The Kier molecular flexibility index (Phi) is 3.40. The Morgan fingerprint density at radius 3 is 2.42 bits per heavy atom. The normalized spacial score (nSPS) is 10.5. The molecule has 0 amide bonds. The second-order valence-corrected chi connectivity index (χ2v) is 4.52. The molecule has 98 valence electrons. The molecule has 5 nitrogen and oxygen atoms in total. The standard InChI is InChI=1S/C13H11ClN2O3/c1-7-3-5-8(6-4-7)9-10(14)11(13(18)19)15-16(2)12(9)17/h3-6H,1-2H3,(H,18,19). The highest BCUT2D eigenvalue weighted by molar-refractivity contribution is 6.35. The fraction of sp³-hybridized carbons (Fsp3) is 0.154. The van der Waals surface area contributed by atoms with Gasteiger partial charge in [0.15, 0.2) is 5.69 Å². The summed E-state index contributed by atoms with van der Waals surface area (Å²) >= 11 is 6.00. The van der Waals surface area contributed by atoms with Gasteiger partial charge in [-0.15, -0.1) is 0 Å². The topological polar surface area (TPSA) is 72.2 Å². The van der Waals surface area contributed by atoms with Crippen molar-refractivity contribution >= 4 is 17.6 Å². The number of hydrogen-bond donors (Lipinski definition) is 1. The summed E-state index contributed by atoms with van der Waals surface area (Å²) in [5.41, 5.74) is 0.986. The van der Waals surface area contributed by atoms with Gasteiger partial charge in [-0.1, -0.05) is 41.4 Å². The summed E-state index contributed by atoms with van der Waals surface area (Å²) in [6, 6.07) is 7.10. The number of halogens is 1. The van der Waals surface area contributed by atoms with Crippen molar-refractivity contribution in [2.75, 3.05) is 0 Å². The lowest BCUT2D eigenvalue weighted by atomic mass is 10.1. The van der Waals surface area contributed by atoms with Crippen molar-refractivity contribution < 1.29 is 9.90 Å². The summed E-state index contributed by atoms with van der Waals surface area (Å²) in [6.07, 6.45) is 0. The molecule has 1 heterocycles. The van der Waals surface area contributed by atoms with Crippen molar-refractivity contribution in [3.8, 4) is 11.1 Å². The van der Waals surface area contributed by atoms with Crippen LogP contribution >= 0.6 is 11.6 Å². The minimum atomic E-state index is -1.27. The molecule has 1 aromatic heterocycles. The lowest BCUT2D eigenvalue weighted by molar-refractivity contribution is 0.0688. The van der Waals surface area contributed by atoms with Crippen LogP contribution in [0.1, 0.15) is 16.1 Å². The number of carboxylic acid groups (broad SMARTS) is 1. The zero-order valence-corrected chi connectivity index (χ0v) is 11.1. The van der Waals surface area contributed by atoms with E-state index in [-0.39, 0.29) is 16.3 Å². The van der Waals surface area contributed by atoms with Gasteiger partial charge < -0.3 is 5.11 Å². The molecule has 0 fully saturated rings. The fourth-order valence-corrected chi connectivity index (χ4v) is 2.03. The lowest BCUT2D eigenvalue weighted by Crippen LogP contribution is -2.25. The van der Waals surface area contributed by atoms with E-state index in [1.807, 2.05) is 19.1 Å². The molecule has 0 bridgehead atoms. The number of nitrogens with zero attached hydrogens (tertiary/aromatic N) is 2. The number of rotatable bonds is 2. The van der Waals surface area contributed by atoms with E-state index >= 15 is 0 Å². The van der Waals surface area contributed by atoms with Crippen molar-refractivity contribution in [2.45, 2.75) is 6.92 Å². The van der Waals surface area contributed by atoms with Gasteiger partial charge >= 0.3 is 5.97 Å². The number of aromatic nitrogens is 2. The zero-order chi connectivity index (χ0) is 14.2. The Bertz CT molecular complexity index is 705. The zero-order valence-electron chi connectivity index (χ0n) is 10.3. The third kappa shape index (κ3) is 2.37. The first-order chi connectivity index (χ1) is 8.91. The van der Waals surface area contributed by atoms with Crippen LogP contribution in [-0.4, -0.2) is 20.9 Å². The van der Waals surface area contributed by atoms with E-state index in [0.29, 0.717) is 5.56 Å². The van der Waals surface area contributed by atoms with Crippen LogP contribution in [-0.2, 0) is 7.05 Å². The lowest BCUT2D eigenvalue weighted by Gasteiger charge is -2.08. The van der Waals surface area contributed by atoms with Crippen LogP contribution in [0.5, 0.6) is 0 Å². The third-order valence-electron chi connectivity index (χ3n) is 2.73. The van der Waals surface area contributed by atoms with Crippen molar-refractivity contribution in [3.05, 3.63) is 50.9 Å². The van der Waals surface area contributed by atoms with Crippen molar-refractivity contribution in [2.24, 2.45) is 7.05 Å². The van der Waals surface area contributed by atoms with Crippen LogP contribution in [0.2, 0.25) is 5.02 Å². The van der Waals surface area contributed by atoms with Crippen LogP contribution in [0.25, 0.3) is 11.1 Å². The molecule has 0 saturated heterocycles. The Labute approximate surface area is 114 Å². The summed E-state index contributed by atoms with van der Waals surface area (Å²) in [5, 5.41) is 12.5.